The molecule has 0 saturated carbocycles. The number of carbonyl (C=O) groups is 12. The van der Waals surface area contributed by atoms with Crippen molar-refractivity contribution in [1.29, 1.82) is 0 Å². The second-order valence-corrected chi connectivity index (χ2v) is 35.6. The minimum absolute atomic E-state index is 0.0133. The zero-order chi connectivity index (χ0) is 99.7. The third-order valence-corrected chi connectivity index (χ3v) is 26.0. The molecule has 6 atom stereocenters. The third kappa shape index (κ3) is 31.7. The summed E-state index contributed by atoms with van der Waals surface area (Å²) in [5.74, 6) is -7.27. The van der Waals surface area contributed by atoms with E-state index in [4.69, 9.17) is 28.7 Å². The van der Waals surface area contributed by atoms with E-state index in [2.05, 4.69) is 15.3 Å². The fourth-order valence-electron chi connectivity index (χ4n) is 17.5. The lowest BCUT2D eigenvalue weighted by molar-refractivity contribution is -0.152. The molecular formula is C108H141N19O12. The molecular weight excluding hydrogens is 1760 g/mol. The Morgan fingerprint density at radius 2 is 0.482 bits per heavy atom. The summed E-state index contributed by atoms with van der Waals surface area (Å²) in [6, 6.07) is 65.3. The van der Waals surface area contributed by atoms with Gasteiger partial charge in [-0.15, -0.1) is 0 Å². The molecule has 0 aliphatic carbocycles. The number of nitrogens with one attached hydrogen (secondary N) is 3. The Morgan fingerprint density at radius 1 is 0.259 bits per heavy atom. The standard InChI is InChI=1S/C108H141N19O12/c1-79(85-37-13-7-14-38-85)122(73-100(131)117(68-97(113)128)60-33-29-55-109)106(137)76-126(83(5)89-45-21-11-22-46-89)104(135)71-119(62-35-31-57-111)102(133)75-124(81(3)87-41-17-9-18-42-87)108(139)78-127(84(6)90-47-23-12-24-48-90)105(136)72-120(63-36-32-58-112)101(132)74-123(80(2)86-39-15-8-16-40-86)107(138)77-125(82(4)88-43-19-10-20-44-88)103(134)70-118(61-34-30-56-110)99(130)69-121(64-54-92-66-116-96-52-28-26-50-94(92)96)98(129)67-114-59-53-91-65-115-95-51-27-25-49-93(91)95/h7-28,37-52,65-66,79-84,114-116H,29-36,53-64,67-78,109-112H2,1-6H3,(H2,113,128)/t79-,80-,81-,82-,83-,84-/m0/s1. The monoisotopic (exact) mass is 1900 g/mol. The molecule has 10 aromatic rings. The van der Waals surface area contributed by atoms with Crippen molar-refractivity contribution >= 4 is 92.7 Å². The van der Waals surface area contributed by atoms with Crippen LogP contribution < -0.4 is 34.0 Å². The first-order valence-electron chi connectivity index (χ1n) is 48.6. The van der Waals surface area contributed by atoms with Gasteiger partial charge in [0.15, 0.2) is 0 Å². The first kappa shape index (κ1) is 107. The molecule has 0 radical (unpaired) electrons. The number of benzene rings is 8. The minimum atomic E-state index is -0.862. The van der Waals surface area contributed by atoms with Crippen molar-refractivity contribution < 1.29 is 57.5 Å². The summed E-state index contributed by atoms with van der Waals surface area (Å²) in [7, 11) is 0. The van der Waals surface area contributed by atoms with Crippen molar-refractivity contribution in [1.82, 2.24) is 69.2 Å². The van der Waals surface area contributed by atoms with Crippen molar-refractivity contribution in [3.05, 3.63) is 287 Å². The van der Waals surface area contributed by atoms with E-state index < -0.39 is 167 Å². The lowest BCUT2D eigenvalue weighted by Crippen LogP contribution is -2.54. The predicted octanol–water partition coefficient (Wildman–Crippen LogP) is 10.1. The predicted molar refractivity (Wildman–Crippen MR) is 542 cm³/mol. The van der Waals surface area contributed by atoms with Crippen molar-refractivity contribution in [3.63, 3.8) is 0 Å². The average molecular weight is 1900 g/mol. The highest BCUT2D eigenvalue weighted by atomic mass is 16.2. The van der Waals surface area contributed by atoms with Crippen LogP contribution in [0.5, 0.6) is 0 Å². The second-order valence-electron chi connectivity index (χ2n) is 35.6. The van der Waals surface area contributed by atoms with E-state index in [0.717, 1.165) is 32.9 Å². The van der Waals surface area contributed by atoms with Gasteiger partial charge in [-0.25, -0.2) is 0 Å². The first-order valence-corrected chi connectivity index (χ1v) is 48.6. The Kier molecular flexibility index (Phi) is 42.9. The number of aromatic amines is 2. The summed E-state index contributed by atoms with van der Waals surface area (Å²) in [4.78, 5) is 205. The summed E-state index contributed by atoms with van der Waals surface area (Å²) >= 11 is 0. The van der Waals surface area contributed by atoms with Gasteiger partial charge in [-0.1, -0.05) is 218 Å². The molecule has 8 aromatic carbocycles. The fourth-order valence-corrected chi connectivity index (χ4v) is 17.5. The van der Waals surface area contributed by atoms with Crippen molar-refractivity contribution in [2.45, 2.75) is 142 Å². The van der Waals surface area contributed by atoms with E-state index in [-0.39, 0.29) is 64.8 Å². The van der Waals surface area contributed by atoms with Gasteiger partial charge in [0.1, 0.15) is 39.3 Å². The summed E-state index contributed by atoms with van der Waals surface area (Å²) in [6.07, 6.45) is 8.36. The van der Waals surface area contributed by atoms with Gasteiger partial charge in [0.05, 0.1) is 75.5 Å². The number of nitrogens with two attached hydrogens (primary N) is 5. The summed E-state index contributed by atoms with van der Waals surface area (Å²) in [6.45, 7) is 6.49. The van der Waals surface area contributed by atoms with Crippen molar-refractivity contribution in [2.75, 3.05) is 144 Å². The Morgan fingerprint density at radius 3 is 0.755 bits per heavy atom. The number of para-hydroxylation sites is 2. The zero-order valence-corrected chi connectivity index (χ0v) is 81.4. The zero-order valence-electron chi connectivity index (χ0n) is 81.4. The maximum Gasteiger partial charge on any atom is 0.243 e. The molecule has 0 unspecified atom stereocenters. The third-order valence-electron chi connectivity index (χ3n) is 26.0. The van der Waals surface area contributed by atoms with Crippen LogP contribution in [0.3, 0.4) is 0 Å². The molecule has 0 saturated heterocycles. The molecule has 0 fully saturated rings. The molecule has 0 spiro atoms. The average Bonchev–Trinajstić information content (AvgIpc) is 1.36. The van der Waals surface area contributed by atoms with Gasteiger partial charge >= 0.3 is 0 Å². The highest BCUT2D eigenvalue weighted by Crippen LogP contribution is 2.31. The van der Waals surface area contributed by atoms with E-state index in [1.165, 1.54) is 53.9 Å². The molecule has 31 heteroatoms. The van der Waals surface area contributed by atoms with Crippen LogP contribution in [0.1, 0.15) is 174 Å². The van der Waals surface area contributed by atoms with Gasteiger partial charge in [0.25, 0.3) is 0 Å². The number of H-pyrrole nitrogens is 2. The number of rotatable bonds is 58. The van der Waals surface area contributed by atoms with Crippen LogP contribution in [-0.4, -0.2) is 279 Å². The molecule has 740 valence electrons. The molecule has 31 nitrogen and oxygen atoms in total. The lowest BCUT2D eigenvalue weighted by Gasteiger charge is -2.38. The Labute approximate surface area is 817 Å². The molecule has 0 bridgehead atoms. The smallest absolute Gasteiger partial charge is 0.243 e. The quantitative estimate of drug-likeness (QED) is 0.0164. The van der Waals surface area contributed by atoms with Crippen LogP contribution in [0.2, 0.25) is 0 Å². The van der Waals surface area contributed by atoms with Crippen LogP contribution >= 0.6 is 0 Å². The van der Waals surface area contributed by atoms with Crippen LogP contribution in [0.15, 0.2) is 243 Å². The van der Waals surface area contributed by atoms with Crippen LogP contribution in [-0.2, 0) is 70.4 Å². The topological polar surface area (TPSA) is 414 Å². The Bertz CT molecular complexity index is 5540. The molecule has 2 aromatic heterocycles. The number of aromatic nitrogens is 2. The van der Waals surface area contributed by atoms with Gasteiger partial charge < -0.3 is 97.9 Å². The van der Waals surface area contributed by atoms with Crippen LogP contribution in [0.4, 0.5) is 0 Å². The number of fused-ring (bicyclic) bond motifs is 2. The number of carbonyl (C=O) groups excluding carboxylic acids is 12. The summed E-state index contributed by atoms with van der Waals surface area (Å²) < 4.78 is 0. The van der Waals surface area contributed by atoms with Crippen LogP contribution in [0, 0.1) is 0 Å². The van der Waals surface area contributed by atoms with Gasteiger partial charge in [-0.05, 0) is 195 Å². The van der Waals surface area contributed by atoms with E-state index in [0.29, 0.717) is 117 Å². The highest BCUT2D eigenvalue weighted by Gasteiger charge is 2.39. The van der Waals surface area contributed by atoms with E-state index in [1.54, 1.807) is 90.1 Å². The van der Waals surface area contributed by atoms with E-state index in [9.17, 15) is 14.4 Å². The summed E-state index contributed by atoms with van der Waals surface area (Å²) in [5.41, 5.74) is 37.8. The van der Waals surface area contributed by atoms with Gasteiger partial charge in [-0.3, -0.25) is 57.5 Å². The van der Waals surface area contributed by atoms with E-state index >= 15 is 43.2 Å². The SMILES string of the molecule is C[C@@H](c1ccccc1)N(CC(=O)N(CCCCN)CC(=O)N(CC(=O)N(CC(=O)N(CCCCN)CC(=O)N(CC(=O)N(CC(=O)N(CCCCN)CC(N)=O)[C@@H](C)c1ccccc1)[C@@H](C)c1ccccc1)[C@@H](C)c1ccccc1)[C@@H](C)c1ccccc1)C(=O)CN(C(=O)CN(CCCCN)C(=O)CN(CCc1c[nH]c2ccccc12)C(=O)CNCCc1c[nH]c2ccccc12)[C@@H](C)c1ccccc1. The first-order chi connectivity index (χ1) is 67.2. The maximum atomic E-state index is 16.1. The van der Waals surface area contributed by atoms with Gasteiger partial charge in [0.2, 0.25) is 70.9 Å². The molecule has 13 N–H and O–H groups in total. The second kappa shape index (κ2) is 55.6. The lowest BCUT2D eigenvalue weighted by atomic mass is 10.0. The van der Waals surface area contributed by atoms with E-state index in [1.807, 2.05) is 194 Å². The Hall–Kier alpha value is -13.7. The van der Waals surface area contributed by atoms with Gasteiger partial charge in [0, 0.05) is 66.9 Å². The number of amides is 12. The normalized spacial score (nSPS) is 12.5. The number of primary amides is 1. The number of nitrogens with zero attached hydrogens (tertiary/aromatic N) is 11. The number of unbranched alkanes of at least 4 members (excludes halogenated alkanes) is 4. The molecule has 2 heterocycles. The molecule has 10 rings (SSSR count). The van der Waals surface area contributed by atoms with Crippen LogP contribution in [0.25, 0.3) is 21.8 Å². The van der Waals surface area contributed by atoms with Crippen molar-refractivity contribution in [2.24, 2.45) is 28.7 Å². The summed E-state index contributed by atoms with van der Waals surface area (Å²) in [5, 5.41) is 5.39. The van der Waals surface area contributed by atoms with Crippen molar-refractivity contribution in [3.8, 4) is 0 Å². The Balaban J connectivity index is 0.930. The van der Waals surface area contributed by atoms with Gasteiger partial charge in [-0.2, -0.15) is 0 Å². The molecule has 0 aliphatic rings. The minimum Gasteiger partial charge on any atom is -0.368 e. The maximum absolute atomic E-state index is 16.1. The largest absolute Gasteiger partial charge is 0.368 e. The fraction of sp³-hybridized carbons (Fsp3) is 0.407. The molecule has 0 aliphatic heterocycles. The highest BCUT2D eigenvalue weighted by molar-refractivity contribution is 5.96. The number of hydrogen-bond acceptors (Lipinski definition) is 17. The molecule has 139 heavy (non-hydrogen) atoms. The number of hydrogen-bond donors (Lipinski definition) is 8. The molecule has 12 amide bonds.